The smallest absolute Gasteiger partial charge is 0.180 e. The van der Waals surface area contributed by atoms with Gasteiger partial charge in [0.2, 0.25) is 0 Å². The van der Waals surface area contributed by atoms with Gasteiger partial charge in [0.15, 0.2) is 11.6 Å². The Kier molecular flexibility index (Phi) is 5.79. The Morgan fingerprint density at radius 3 is 2.47 bits per heavy atom. The van der Waals surface area contributed by atoms with Crippen LogP contribution in [0.1, 0.15) is 43.9 Å². The van der Waals surface area contributed by atoms with Gasteiger partial charge >= 0.3 is 0 Å². The van der Waals surface area contributed by atoms with Crippen molar-refractivity contribution >= 4 is 0 Å². The number of nitrogens with one attached hydrogen (secondary N) is 1. The van der Waals surface area contributed by atoms with E-state index in [0.29, 0.717) is 18.3 Å². The third kappa shape index (κ3) is 4.20. The quantitative estimate of drug-likeness (QED) is 0.465. The summed E-state index contributed by atoms with van der Waals surface area (Å²) in [5.41, 5.74) is 4.35. The lowest BCUT2D eigenvalue weighted by atomic mass is 9.98. The van der Waals surface area contributed by atoms with Gasteiger partial charge < -0.3 is 0 Å². The minimum absolute atomic E-state index is 0.306. The van der Waals surface area contributed by atoms with Crippen molar-refractivity contribution in [1.29, 1.82) is 0 Å². The largest absolute Gasteiger partial charge is 0.245 e. The predicted octanol–water partition coefficient (Wildman–Crippen LogP) is 4.42. The van der Waals surface area contributed by atoms with Crippen molar-refractivity contribution in [3.05, 3.63) is 77.9 Å². The molecule has 0 amide bonds. The molecule has 4 rings (SSSR count). The van der Waals surface area contributed by atoms with Crippen LogP contribution in [0.3, 0.4) is 0 Å². The second-order valence-electron chi connectivity index (χ2n) is 7.46. The highest BCUT2D eigenvalue weighted by Gasteiger charge is 2.13. The molecule has 0 bridgehead atoms. The van der Waals surface area contributed by atoms with Crippen molar-refractivity contribution in [2.24, 2.45) is 0 Å². The summed E-state index contributed by atoms with van der Waals surface area (Å²) in [6.07, 6.45) is 4.94. The Morgan fingerprint density at radius 2 is 1.80 bits per heavy atom. The first kappa shape index (κ1) is 19.7. The fourth-order valence-corrected chi connectivity index (χ4v) is 3.32. The molecule has 0 saturated heterocycles. The van der Waals surface area contributed by atoms with E-state index < -0.39 is 0 Å². The van der Waals surface area contributed by atoms with Crippen molar-refractivity contribution < 1.29 is 0 Å². The number of hydrogen-bond acceptors (Lipinski definition) is 5. The second-order valence-corrected chi connectivity index (χ2v) is 7.46. The third-order valence-corrected chi connectivity index (χ3v) is 4.94. The number of tetrazole rings is 1. The van der Waals surface area contributed by atoms with Crippen LogP contribution in [0.15, 0.2) is 60.7 Å². The topological polar surface area (TPSA) is 85.2 Å². The van der Waals surface area contributed by atoms with Crippen molar-refractivity contribution in [2.45, 2.75) is 39.7 Å². The summed E-state index contributed by atoms with van der Waals surface area (Å²) in [6.45, 7) is 6.96. The highest BCUT2D eigenvalue weighted by Crippen LogP contribution is 2.29. The zero-order chi connectivity index (χ0) is 20.9. The van der Waals surface area contributed by atoms with Crippen LogP contribution in [-0.2, 0) is 13.0 Å². The molecule has 1 N–H and O–H groups in total. The van der Waals surface area contributed by atoms with Crippen LogP contribution < -0.4 is 0 Å². The average molecular weight is 400 g/mol. The molecule has 0 fully saturated rings. The number of benzene rings is 2. The van der Waals surface area contributed by atoms with Crippen molar-refractivity contribution in [3.8, 4) is 22.5 Å². The molecule has 30 heavy (non-hydrogen) atoms. The lowest BCUT2D eigenvalue weighted by Gasteiger charge is -2.09. The molecule has 7 nitrogen and oxygen atoms in total. The number of hydrogen-bond donors (Lipinski definition) is 1. The maximum absolute atomic E-state index is 4.73. The summed E-state index contributed by atoms with van der Waals surface area (Å²) >= 11 is 0. The number of rotatable bonds is 7. The zero-order valence-corrected chi connectivity index (χ0v) is 17.4. The maximum atomic E-state index is 4.73. The van der Waals surface area contributed by atoms with Crippen LogP contribution in [0.25, 0.3) is 22.5 Å². The Labute approximate surface area is 175 Å². The van der Waals surface area contributed by atoms with Crippen LogP contribution in [0.4, 0.5) is 0 Å². The monoisotopic (exact) mass is 399 g/mol. The Hall–Kier alpha value is -3.61. The molecule has 0 unspecified atom stereocenters. The van der Waals surface area contributed by atoms with E-state index >= 15 is 0 Å². The first-order valence-corrected chi connectivity index (χ1v) is 10.1. The molecule has 0 radical (unpaired) electrons. The van der Waals surface area contributed by atoms with E-state index in [-0.39, 0.29) is 0 Å². The van der Waals surface area contributed by atoms with E-state index in [1.807, 2.05) is 35.9 Å². The number of nitrogens with zero attached hydrogens (tertiary/aromatic N) is 6. The van der Waals surface area contributed by atoms with Gasteiger partial charge in [0.05, 0.1) is 6.54 Å². The number of aromatic nitrogens is 7. The number of H-pyrrole nitrogens is 1. The highest BCUT2D eigenvalue weighted by molar-refractivity contribution is 5.80. The van der Waals surface area contributed by atoms with Crippen molar-refractivity contribution in [3.63, 3.8) is 0 Å². The number of aromatic amines is 1. The van der Waals surface area contributed by atoms with E-state index in [4.69, 9.17) is 10.1 Å². The molecule has 152 valence electrons. The standard InChI is InChI=1S/C23H25N7/c1-4-5-10-21-24-22(16(2)3)27-30(21)15-17-11-13-18(14-12-17)19-8-6-7-9-20(19)23-25-28-29-26-23/h4-9,11-14,16H,10,15H2,1-3H3,(H,25,26,28,29). The van der Waals surface area contributed by atoms with Gasteiger partial charge in [-0.3, -0.25) is 0 Å². The minimum Gasteiger partial charge on any atom is -0.245 e. The van der Waals surface area contributed by atoms with Crippen LogP contribution >= 0.6 is 0 Å². The van der Waals surface area contributed by atoms with Gasteiger partial charge in [-0.15, -0.1) is 5.10 Å². The van der Waals surface area contributed by atoms with Crippen LogP contribution in [0, 0.1) is 0 Å². The van der Waals surface area contributed by atoms with Crippen LogP contribution in [0.2, 0.25) is 0 Å². The molecule has 2 aromatic carbocycles. The molecule has 2 heterocycles. The molecule has 0 aliphatic rings. The summed E-state index contributed by atoms with van der Waals surface area (Å²) in [6, 6.07) is 16.6. The Morgan fingerprint density at radius 1 is 1.03 bits per heavy atom. The summed E-state index contributed by atoms with van der Waals surface area (Å²) in [5, 5.41) is 19.0. The Bertz CT molecular complexity index is 1120. The zero-order valence-electron chi connectivity index (χ0n) is 17.4. The summed E-state index contributed by atoms with van der Waals surface area (Å²) < 4.78 is 2.01. The van der Waals surface area contributed by atoms with Gasteiger partial charge in [0.25, 0.3) is 0 Å². The van der Waals surface area contributed by atoms with Gasteiger partial charge in [-0.05, 0) is 34.0 Å². The van der Waals surface area contributed by atoms with E-state index in [1.165, 1.54) is 5.56 Å². The maximum Gasteiger partial charge on any atom is 0.180 e. The lowest BCUT2D eigenvalue weighted by molar-refractivity contribution is 0.634. The molecule has 0 aliphatic carbocycles. The predicted molar refractivity (Wildman–Crippen MR) is 117 cm³/mol. The van der Waals surface area contributed by atoms with Gasteiger partial charge in [0.1, 0.15) is 5.82 Å². The first-order chi connectivity index (χ1) is 14.7. The molecule has 2 aromatic heterocycles. The van der Waals surface area contributed by atoms with E-state index in [0.717, 1.165) is 34.8 Å². The van der Waals surface area contributed by atoms with Gasteiger partial charge in [0, 0.05) is 17.9 Å². The molecule has 0 saturated carbocycles. The molecule has 0 aliphatic heterocycles. The molecular formula is C23H25N7. The first-order valence-electron chi connectivity index (χ1n) is 10.1. The fourth-order valence-electron chi connectivity index (χ4n) is 3.32. The number of allylic oxidation sites excluding steroid dienone is 2. The summed E-state index contributed by atoms with van der Waals surface area (Å²) in [7, 11) is 0. The molecule has 0 atom stereocenters. The lowest BCUT2D eigenvalue weighted by Crippen LogP contribution is -2.06. The SMILES string of the molecule is CC=CCc1nc(C(C)C)nn1Cc1ccc(-c2ccccc2-c2nnn[nH]2)cc1. The molecule has 0 spiro atoms. The van der Waals surface area contributed by atoms with Crippen molar-refractivity contribution in [1.82, 2.24) is 35.4 Å². The van der Waals surface area contributed by atoms with Gasteiger partial charge in [-0.2, -0.15) is 5.10 Å². The second kappa shape index (κ2) is 8.82. The van der Waals surface area contributed by atoms with Crippen LogP contribution in [-0.4, -0.2) is 35.4 Å². The Balaban J connectivity index is 1.60. The van der Waals surface area contributed by atoms with Crippen LogP contribution in [0.5, 0.6) is 0 Å². The highest BCUT2D eigenvalue weighted by atomic mass is 15.5. The molecule has 4 aromatic rings. The molecule has 7 heteroatoms. The van der Waals surface area contributed by atoms with E-state index in [9.17, 15) is 0 Å². The minimum atomic E-state index is 0.306. The molecular weight excluding hydrogens is 374 g/mol. The van der Waals surface area contributed by atoms with Crippen molar-refractivity contribution in [2.75, 3.05) is 0 Å². The average Bonchev–Trinajstić information content (AvgIpc) is 3.43. The van der Waals surface area contributed by atoms with E-state index in [1.54, 1.807) is 0 Å². The fraction of sp³-hybridized carbons (Fsp3) is 0.261. The third-order valence-electron chi connectivity index (χ3n) is 4.94. The van der Waals surface area contributed by atoms with Gasteiger partial charge in [-0.1, -0.05) is 74.5 Å². The summed E-state index contributed by atoms with van der Waals surface area (Å²) in [4.78, 5) is 4.73. The summed E-state index contributed by atoms with van der Waals surface area (Å²) in [5.74, 6) is 2.84. The normalized spacial score (nSPS) is 11.6. The van der Waals surface area contributed by atoms with Gasteiger partial charge in [-0.25, -0.2) is 14.8 Å². The van der Waals surface area contributed by atoms with E-state index in [2.05, 4.69) is 70.9 Å².